The lowest BCUT2D eigenvalue weighted by molar-refractivity contribution is 0.590. The van der Waals surface area contributed by atoms with Gasteiger partial charge in [-0.3, -0.25) is 0 Å². The number of hydrogen-bond acceptors (Lipinski definition) is 3. The minimum absolute atomic E-state index is 0.106. The Bertz CT molecular complexity index is 1020. The lowest BCUT2D eigenvalue weighted by Crippen LogP contribution is -2.10. The SMILES string of the molecule is CC(C)(C)c1ccc(-c2n[nH]c(=S)n2N=C/C(Br)=C/c2ccccc2)cc1. The Balaban J connectivity index is 1.89. The molecule has 27 heavy (non-hydrogen) atoms. The number of allylic oxidation sites excluding steroid dienone is 1. The maximum absolute atomic E-state index is 5.34. The van der Waals surface area contributed by atoms with Crippen LogP contribution in [0.15, 0.2) is 64.2 Å². The molecule has 0 saturated carbocycles. The lowest BCUT2D eigenvalue weighted by Gasteiger charge is -2.18. The van der Waals surface area contributed by atoms with Gasteiger partial charge in [0.25, 0.3) is 0 Å². The minimum Gasteiger partial charge on any atom is -0.250 e. The number of halogens is 1. The van der Waals surface area contributed by atoms with Crippen LogP contribution in [-0.4, -0.2) is 21.1 Å². The number of nitrogens with one attached hydrogen (secondary N) is 1. The molecule has 1 heterocycles. The van der Waals surface area contributed by atoms with E-state index in [0.717, 1.165) is 15.6 Å². The summed E-state index contributed by atoms with van der Waals surface area (Å²) >= 11 is 8.87. The van der Waals surface area contributed by atoms with Crippen LogP contribution in [0, 0.1) is 4.77 Å². The van der Waals surface area contributed by atoms with Gasteiger partial charge < -0.3 is 0 Å². The molecule has 6 heteroatoms. The summed E-state index contributed by atoms with van der Waals surface area (Å²) in [6, 6.07) is 18.4. The van der Waals surface area contributed by atoms with Gasteiger partial charge in [-0.05, 0) is 50.8 Å². The molecule has 0 amide bonds. The molecule has 3 rings (SSSR count). The molecule has 1 aromatic heterocycles. The Labute approximate surface area is 172 Å². The highest BCUT2D eigenvalue weighted by Crippen LogP contribution is 2.25. The maximum atomic E-state index is 5.34. The number of aromatic nitrogens is 3. The molecule has 0 saturated heterocycles. The van der Waals surface area contributed by atoms with E-state index in [-0.39, 0.29) is 5.41 Å². The third-order valence-electron chi connectivity index (χ3n) is 4.06. The smallest absolute Gasteiger partial charge is 0.216 e. The zero-order valence-electron chi connectivity index (χ0n) is 15.5. The summed E-state index contributed by atoms with van der Waals surface area (Å²) in [5.74, 6) is 0.678. The normalized spacial score (nSPS) is 12.7. The molecule has 0 aliphatic heterocycles. The van der Waals surface area contributed by atoms with Crippen molar-refractivity contribution >= 4 is 40.4 Å². The van der Waals surface area contributed by atoms with Gasteiger partial charge in [0.2, 0.25) is 4.77 Å². The molecular weight excluding hydrogens is 420 g/mol. The molecular formula is C21H21BrN4S. The van der Waals surface area contributed by atoms with Crippen molar-refractivity contribution in [2.24, 2.45) is 5.10 Å². The van der Waals surface area contributed by atoms with E-state index in [9.17, 15) is 0 Å². The fraction of sp³-hybridized carbons (Fsp3) is 0.190. The van der Waals surface area contributed by atoms with E-state index in [0.29, 0.717) is 10.6 Å². The standard InChI is InChI=1S/C21H21BrN4S/c1-21(2,3)17-11-9-16(10-12-17)19-24-25-20(27)26(19)23-14-18(22)13-15-7-5-4-6-8-15/h4-14H,1-3H3,(H,25,27)/b18-13-,23-14?. The molecule has 2 aromatic carbocycles. The zero-order valence-corrected chi connectivity index (χ0v) is 17.9. The summed E-state index contributed by atoms with van der Waals surface area (Å²) in [7, 11) is 0. The summed E-state index contributed by atoms with van der Waals surface area (Å²) in [5.41, 5.74) is 3.42. The van der Waals surface area contributed by atoms with Crippen LogP contribution >= 0.6 is 28.1 Å². The van der Waals surface area contributed by atoms with E-state index in [1.165, 1.54) is 5.56 Å². The molecule has 0 aliphatic carbocycles. The van der Waals surface area contributed by atoms with E-state index in [1.807, 2.05) is 48.5 Å². The summed E-state index contributed by atoms with van der Waals surface area (Å²) in [6.07, 6.45) is 3.70. The van der Waals surface area contributed by atoms with Gasteiger partial charge in [-0.1, -0.05) is 75.4 Å². The quantitative estimate of drug-likeness (QED) is 0.389. The van der Waals surface area contributed by atoms with Gasteiger partial charge in [-0.15, -0.1) is 0 Å². The van der Waals surface area contributed by atoms with Crippen molar-refractivity contribution in [3.8, 4) is 11.4 Å². The molecule has 0 spiro atoms. The van der Waals surface area contributed by atoms with Crippen LogP contribution in [0.3, 0.4) is 0 Å². The van der Waals surface area contributed by atoms with E-state index in [2.05, 4.69) is 64.1 Å². The van der Waals surface area contributed by atoms with E-state index >= 15 is 0 Å². The van der Waals surface area contributed by atoms with Crippen molar-refractivity contribution in [3.63, 3.8) is 0 Å². The fourth-order valence-corrected chi connectivity index (χ4v) is 3.10. The molecule has 1 N–H and O–H groups in total. The zero-order chi connectivity index (χ0) is 19.4. The monoisotopic (exact) mass is 440 g/mol. The third kappa shape index (κ3) is 4.90. The van der Waals surface area contributed by atoms with Crippen LogP contribution < -0.4 is 0 Å². The number of benzene rings is 2. The van der Waals surface area contributed by atoms with Crippen LogP contribution in [0.1, 0.15) is 31.9 Å². The molecule has 0 unspecified atom stereocenters. The highest BCUT2D eigenvalue weighted by molar-refractivity contribution is 9.12. The van der Waals surface area contributed by atoms with Gasteiger partial charge in [0.05, 0.1) is 6.21 Å². The van der Waals surface area contributed by atoms with Crippen molar-refractivity contribution in [1.29, 1.82) is 0 Å². The third-order valence-corrected chi connectivity index (χ3v) is 4.76. The van der Waals surface area contributed by atoms with Crippen molar-refractivity contribution in [3.05, 3.63) is 75.0 Å². The van der Waals surface area contributed by atoms with Crippen LogP contribution in [0.2, 0.25) is 0 Å². The Morgan fingerprint density at radius 3 is 2.41 bits per heavy atom. The summed E-state index contributed by atoms with van der Waals surface area (Å²) in [5, 5.41) is 11.6. The Hall–Kier alpha value is -2.31. The van der Waals surface area contributed by atoms with Gasteiger partial charge in [0.15, 0.2) is 5.82 Å². The van der Waals surface area contributed by atoms with Crippen molar-refractivity contribution in [2.45, 2.75) is 26.2 Å². The van der Waals surface area contributed by atoms with Gasteiger partial charge in [0, 0.05) is 10.0 Å². The number of aromatic amines is 1. The predicted molar refractivity (Wildman–Crippen MR) is 119 cm³/mol. The Morgan fingerprint density at radius 1 is 1.11 bits per heavy atom. The molecule has 0 aliphatic rings. The second kappa shape index (κ2) is 8.15. The molecule has 0 fully saturated rings. The average Bonchev–Trinajstić information content (AvgIpc) is 3.01. The first-order chi connectivity index (χ1) is 12.8. The first-order valence-corrected chi connectivity index (χ1v) is 9.80. The van der Waals surface area contributed by atoms with Gasteiger partial charge in [-0.2, -0.15) is 14.9 Å². The van der Waals surface area contributed by atoms with Crippen LogP contribution in [0.4, 0.5) is 0 Å². The van der Waals surface area contributed by atoms with E-state index in [4.69, 9.17) is 12.2 Å². The molecule has 4 nitrogen and oxygen atoms in total. The summed E-state index contributed by atoms with van der Waals surface area (Å²) in [4.78, 5) is 0. The fourth-order valence-electron chi connectivity index (χ4n) is 2.56. The van der Waals surface area contributed by atoms with E-state index in [1.54, 1.807) is 10.9 Å². The average molecular weight is 441 g/mol. The van der Waals surface area contributed by atoms with Crippen LogP contribution in [-0.2, 0) is 5.41 Å². The highest BCUT2D eigenvalue weighted by Gasteiger charge is 2.14. The number of hydrogen-bond donors (Lipinski definition) is 1. The van der Waals surface area contributed by atoms with Crippen molar-refractivity contribution in [2.75, 3.05) is 0 Å². The number of rotatable bonds is 4. The Kier molecular flexibility index (Phi) is 5.87. The summed E-state index contributed by atoms with van der Waals surface area (Å²) < 4.78 is 2.91. The maximum Gasteiger partial charge on any atom is 0.216 e. The van der Waals surface area contributed by atoms with Crippen molar-refractivity contribution in [1.82, 2.24) is 14.9 Å². The Morgan fingerprint density at radius 2 is 1.78 bits per heavy atom. The number of nitrogens with zero attached hydrogens (tertiary/aromatic N) is 3. The van der Waals surface area contributed by atoms with Crippen LogP contribution in [0.5, 0.6) is 0 Å². The molecule has 0 bridgehead atoms. The molecule has 3 aromatic rings. The topological polar surface area (TPSA) is 46.0 Å². The van der Waals surface area contributed by atoms with E-state index < -0.39 is 0 Å². The molecule has 0 atom stereocenters. The second-order valence-electron chi connectivity index (χ2n) is 7.18. The first kappa shape index (κ1) is 19.5. The largest absolute Gasteiger partial charge is 0.250 e. The summed E-state index contributed by atoms with van der Waals surface area (Å²) in [6.45, 7) is 6.58. The second-order valence-corrected chi connectivity index (χ2v) is 8.48. The lowest BCUT2D eigenvalue weighted by atomic mass is 9.87. The number of H-pyrrole nitrogens is 1. The molecule has 0 radical (unpaired) electrons. The van der Waals surface area contributed by atoms with Gasteiger partial charge in [-0.25, -0.2) is 5.10 Å². The van der Waals surface area contributed by atoms with Gasteiger partial charge in [0.1, 0.15) is 0 Å². The molecule has 138 valence electrons. The first-order valence-electron chi connectivity index (χ1n) is 8.59. The predicted octanol–water partition coefficient (Wildman–Crippen LogP) is 6.18. The van der Waals surface area contributed by atoms with Crippen molar-refractivity contribution < 1.29 is 0 Å². The minimum atomic E-state index is 0.106. The van der Waals surface area contributed by atoms with Gasteiger partial charge >= 0.3 is 0 Å². The highest BCUT2D eigenvalue weighted by atomic mass is 79.9. The van der Waals surface area contributed by atoms with Crippen LogP contribution in [0.25, 0.3) is 17.5 Å².